The topological polar surface area (TPSA) is 66.4 Å². The van der Waals surface area contributed by atoms with Crippen molar-refractivity contribution >= 4 is 33.0 Å². The Morgan fingerprint density at radius 2 is 2.00 bits per heavy atom. The summed E-state index contributed by atoms with van der Waals surface area (Å²) in [5, 5.41) is 10.1. The van der Waals surface area contributed by atoms with Gasteiger partial charge in [-0.3, -0.25) is 0 Å². The number of hydrogen-bond donors (Lipinski definition) is 2. The molecule has 0 saturated heterocycles. The van der Waals surface area contributed by atoms with Crippen molar-refractivity contribution in [3.05, 3.63) is 51.9 Å². The van der Waals surface area contributed by atoms with E-state index in [1.54, 1.807) is 6.07 Å². The third-order valence-electron chi connectivity index (χ3n) is 3.30. The van der Waals surface area contributed by atoms with E-state index in [0.29, 0.717) is 10.8 Å². The summed E-state index contributed by atoms with van der Waals surface area (Å²) in [6.45, 7) is 0. The maximum atomic E-state index is 12.3. The molecule has 2 N–H and O–H groups in total. The Labute approximate surface area is 126 Å². The van der Waals surface area contributed by atoms with E-state index in [4.69, 9.17) is 11.6 Å². The zero-order valence-electron chi connectivity index (χ0n) is 10.3. The van der Waals surface area contributed by atoms with Gasteiger partial charge in [-0.2, -0.15) is 0 Å². The van der Waals surface area contributed by atoms with Crippen molar-refractivity contribution in [2.24, 2.45) is 0 Å². The molecule has 20 heavy (non-hydrogen) atoms. The lowest BCUT2D eigenvalue weighted by Crippen LogP contribution is -2.33. The predicted octanol–water partition coefficient (Wildman–Crippen LogP) is 2.34. The van der Waals surface area contributed by atoms with Crippen LogP contribution in [0.1, 0.15) is 17.2 Å². The van der Waals surface area contributed by atoms with Crippen LogP contribution in [-0.2, 0) is 16.4 Å². The highest BCUT2D eigenvalue weighted by molar-refractivity contribution is 7.91. The van der Waals surface area contributed by atoms with E-state index in [9.17, 15) is 13.5 Å². The molecule has 0 spiro atoms. The third kappa shape index (κ3) is 2.49. The highest BCUT2D eigenvalue weighted by Crippen LogP contribution is 2.33. The van der Waals surface area contributed by atoms with Crippen molar-refractivity contribution in [1.29, 1.82) is 0 Å². The Morgan fingerprint density at radius 1 is 1.25 bits per heavy atom. The molecule has 0 amide bonds. The Balaban J connectivity index is 1.92. The average molecular weight is 330 g/mol. The molecule has 0 aliphatic heterocycles. The van der Waals surface area contributed by atoms with Crippen LogP contribution < -0.4 is 4.72 Å². The number of sulfonamides is 1. The van der Waals surface area contributed by atoms with Crippen LogP contribution in [-0.4, -0.2) is 19.6 Å². The Morgan fingerprint density at radius 3 is 2.70 bits per heavy atom. The zero-order chi connectivity index (χ0) is 14.3. The number of benzene rings is 1. The molecule has 0 fully saturated rings. The molecule has 4 nitrogen and oxygen atoms in total. The number of aliphatic hydroxyl groups excluding tert-OH is 1. The molecule has 0 radical (unpaired) electrons. The minimum Gasteiger partial charge on any atom is -0.391 e. The lowest BCUT2D eigenvalue weighted by molar-refractivity contribution is 0.151. The van der Waals surface area contributed by atoms with Crippen molar-refractivity contribution in [3.63, 3.8) is 0 Å². The maximum Gasteiger partial charge on any atom is 0.250 e. The fourth-order valence-corrected chi connectivity index (χ4v) is 5.13. The molecule has 0 unspecified atom stereocenters. The first-order chi connectivity index (χ1) is 9.47. The van der Waals surface area contributed by atoms with Gasteiger partial charge < -0.3 is 5.11 Å². The van der Waals surface area contributed by atoms with Crippen molar-refractivity contribution < 1.29 is 13.5 Å². The molecule has 1 aliphatic rings. The first kappa shape index (κ1) is 14.0. The predicted molar refractivity (Wildman–Crippen MR) is 78.5 cm³/mol. The van der Waals surface area contributed by atoms with E-state index in [0.717, 1.165) is 22.5 Å². The summed E-state index contributed by atoms with van der Waals surface area (Å²) in [4.78, 5) is 0. The first-order valence-corrected chi connectivity index (χ1v) is 8.69. The van der Waals surface area contributed by atoms with Crippen molar-refractivity contribution in [2.75, 3.05) is 0 Å². The monoisotopic (exact) mass is 329 g/mol. The van der Waals surface area contributed by atoms with Gasteiger partial charge in [0, 0.05) is 6.42 Å². The van der Waals surface area contributed by atoms with Crippen LogP contribution in [0.5, 0.6) is 0 Å². The maximum absolute atomic E-state index is 12.3. The summed E-state index contributed by atoms with van der Waals surface area (Å²) < 4.78 is 27.7. The summed E-state index contributed by atoms with van der Waals surface area (Å²) in [6, 6.07) is 9.83. The zero-order valence-corrected chi connectivity index (χ0v) is 12.7. The normalized spacial score (nSPS) is 21.9. The molecular weight excluding hydrogens is 318 g/mol. The van der Waals surface area contributed by atoms with Crippen molar-refractivity contribution in [1.82, 2.24) is 4.72 Å². The molecule has 0 bridgehead atoms. The van der Waals surface area contributed by atoms with Gasteiger partial charge in [0.15, 0.2) is 0 Å². The van der Waals surface area contributed by atoms with E-state index in [1.165, 1.54) is 6.07 Å². The summed E-state index contributed by atoms with van der Waals surface area (Å²) in [7, 11) is -3.67. The van der Waals surface area contributed by atoms with Gasteiger partial charge in [0.25, 0.3) is 10.0 Å². The van der Waals surface area contributed by atoms with Crippen LogP contribution in [0.25, 0.3) is 0 Å². The fourth-order valence-electron chi connectivity index (χ4n) is 2.38. The highest BCUT2D eigenvalue weighted by Gasteiger charge is 2.34. The van der Waals surface area contributed by atoms with Crippen molar-refractivity contribution in [2.45, 2.75) is 22.8 Å². The number of fused-ring (bicyclic) bond motifs is 1. The second-order valence-electron chi connectivity index (χ2n) is 4.63. The molecule has 7 heteroatoms. The summed E-state index contributed by atoms with van der Waals surface area (Å²) in [6.07, 6.45) is -0.299. The second kappa shape index (κ2) is 5.13. The number of thiophene rings is 1. The lowest BCUT2D eigenvalue weighted by Gasteiger charge is -2.17. The smallest absolute Gasteiger partial charge is 0.250 e. The van der Waals surface area contributed by atoms with Gasteiger partial charge in [0.05, 0.1) is 16.5 Å². The lowest BCUT2D eigenvalue weighted by atomic mass is 10.1. The van der Waals surface area contributed by atoms with Crippen LogP contribution in [0.15, 0.2) is 40.6 Å². The Kier molecular flexibility index (Phi) is 3.60. The molecule has 3 rings (SSSR count). The van der Waals surface area contributed by atoms with E-state index >= 15 is 0 Å². The second-order valence-corrected chi connectivity index (χ2v) is 8.28. The molecule has 1 aromatic carbocycles. The van der Waals surface area contributed by atoms with Gasteiger partial charge in [-0.1, -0.05) is 35.9 Å². The number of nitrogens with one attached hydrogen (secondary N) is 1. The summed E-state index contributed by atoms with van der Waals surface area (Å²) in [5.74, 6) is 0. The van der Waals surface area contributed by atoms with Crippen LogP contribution >= 0.6 is 22.9 Å². The number of hydrogen-bond acceptors (Lipinski definition) is 4. The van der Waals surface area contributed by atoms with Crippen LogP contribution in [0.2, 0.25) is 4.34 Å². The quantitative estimate of drug-likeness (QED) is 0.908. The van der Waals surface area contributed by atoms with Gasteiger partial charge in [0.2, 0.25) is 0 Å². The summed E-state index contributed by atoms with van der Waals surface area (Å²) >= 11 is 6.76. The van der Waals surface area contributed by atoms with Crippen molar-refractivity contribution in [3.8, 4) is 0 Å². The average Bonchev–Trinajstić information content (AvgIpc) is 2.95. The van der Waals surface area contributed by atoms with E-state index in [-0.39, 0.29) is 4.21 Å². The summed E-state index contributed by atoms with van der Waals surface area (Å²) in [5.41, 5.74) is 1.79. The molecule has 106 valence electrons. The Hall–Kier alpha value is -0.920. The largest absolute Gasteiger partial charge is 0.391 e. The molecule has 1 aliphatic carbocycles. The molecule has 1 heterocycles. The van der Waals surface area contributed by atoms with E-state index in [1.807, 2.05) is 24.3 Å². The third-order valence-corrected chi connectivity index (χ3v) is 6.46. The van der Waals surface area contributed by atoms with Gasteiger partial charge >= 0.3 is 0 Å². The molecule has 2 atom stereocenters. The van der Waals surface area contributed by atoms with E-state index < -0.39 is 22.2 Å². The highest BCUT2D eigenvalue weighted by atomic mass is 35.5. The number of rotatable bonds is 3. The van der Waals surface area contributed by atoms with Gasteiger partial charge in [-0.05, 0) is 23.3 Å². The minimum absolute atomic E-state index is 0.152. The SMILES string of the molecule is O=S(=O)(N[C@@H]1c2ccccc2C[C@@H]1O)c1ccc(Cl)s1. The van der Waals surface area contributed by atoms with Crippen LogP contribution in [0.3, 0.4) is 0 Å². The van der Waals surface area contributed by atoms with Gasteiger partial charge in [0.1, 0.15) is 4.21 Å². The number of halogens is 1. The molecule has 0 saturated carbocycles. The number of aliphatic hydroxyl groups is 1. The fraction of sp³-hybridized carbons (Fsp3) is 0.231. The standard InChI is InChI=1S/C13H12ClNO3S2/c14-11-5-6-12(19-11)20(17,18)15-13-9-4-2-1-3-8(9)7-10(13)16/h1-6,10,13,15-16H,7H2/t10-,13+/m0/s1. The molecule has 2 aromatic rings. The van der Waals surface area contributed by atoms with Crippen LogP contribution in [0.4, 0.5) is 0 Å². The Bertz CT molecular complexity index is 742. The van der Waals surface area contributed by atoms with Crippen LogP contribution in [0, 0.1) is 0 Å². The van der Waals surface area contributed by atoms with Gasteiger partial charge in [-0.15, -0.1) is 11.3 Å². The minimum atomic E-state index is -3.67. The first-order valence-electron chi connectivity index (χ1n) is 6.01. The van der Waals surface area contributed by atoms with Gasteiger partial charge in [-0.25, -0.2) is 13.1 Å². The van der Waals surface area contributed by atoms with E-state index in [2.05, 4.69) is 4.72 Å². The molecule has 1 aromatic heterocycles. The molecular formula is C13H12ClNO3S2.